The molecule has 2 fully saturated rings. The lowest BCUT2D eigenvalue weighted by atomic mass is 9.95. The van der Waals surface area contributed by atoms with E-state index in [-0.39, 0.29) is 35.6 Å². The Balaban J connectivity index is 1.54. The summed E-state index contributed by atoms with van der Waals surface area (Å²) in [5, 5.41) is 17.7. The molecular weight excluding hydrogens is 318 g/mol. The Hall–Kier alpha value is -2.05. The highest BCUT2D eigenvalue weighted by molar-refractivity contribution is 6.30. The molecule has 0 spiro atoms. The van der Waals surface area contributed by atoms with Gasteiger partial charge in [0, 0.05) is 5.02 Å². The lowest BCUT2D eigenvalue weighted by Gasteiger charge is -2.19. The minimum absolute atomic E-state index is 0.00281. The molecule has 0 aliphatic carbocycles. The Labute approximate surface area is 138 Å². The van der Waals surface area contributed by atoms with E-state index < -0.39 is 0 Å². The van der Waals surface area contributed by atoms with Gasteiger partial charge in [0.1, 0.15) is 0 Å². The Bertz CT molecular complexity index is 761. The molecule has 2 saturated heterocycles. The maximum atomic E-state index is 12.4. The molecule has 120 valence electrons. The SMILES string of the molecule is O=C(N[C@@H]1C[C@@H]2CC[C@H]1O2)c1nn(-c2cccc(Cl)c2)cc1O. The van der Waals surface area contributed by atoms with E-state index in [1.54, 1.807) is 24.3 Å². The number of rotatable bonds is 3. The molecule has 0 unspecified atom stereocenters. The lowest BCUT2D eigenvalue weighted by Crippen LogP contribution is -2.41. The summed E-state index contributed by atoms with van der Waals surface area (Å²) >= 11 is 5.96. The number of ether oxygens (including phenoxy) is 1. The van der Waals surface area contributed by atoms with Gasteiger partial charge in [-0.05, 0) is 37.5 Å². The van der Waals surface area contributed by atoms with Crippen LogP contribution in [-0.4, -0.2) is 39.0 Å². The average molecular weight is 334 g/mol. The molecule has 2 aliphatic heterocycles. The maximum Gasteiger partial charge on any atom is 0.275 e. The summed E-state index contributed by atoms with van der Waals surface area (Å²) in [5.74, 6) is -0.545. The van der Waals surface area contributed by atoms with Crippen LogP contribution in [0.4, 0.5) is 0 Å². The largest absolute Gasteiger partial charge is 0.504 e. The monoisotopic (exact) mass is 333 g/mol. The van der Waals surface area contributed by atoms with Crippen molar-refractivity contribution in [1.82, 2.24) is 15.1 Å². The number of hydrogen-bond acceptors (Lipinski definition) is 4. The van der Waals surface area contributed by atoms with E-state index in [4.69, 9.17) is 16.3 Å². The van der Waals surface area contributed by atoms with Gasteiger partial charge in [0.2, 0.25) is 0 Å². The Morgan fingerprint density at radius 2 is 2.30 bits per heavy atom. The van der Waals surface area contributed by atoms with Gasteiger partial charge in [-0.15, -0.1) is 0 Å². The van der Waals surface area contributed by atoms with Crippen LogP contribution in [0.25, 0.3) is 5.69 Å². The molecule has 2 aromatic rings. The van der Waals surface area contributed by atoms with Crippen LogP contribution in [0.3, 0.4) is 0 Å². The predicted molar refractivity (Wildman–Crippen MR) is 84.0 cm³/mol. The second-order valence-corrected chi connectivity index (χ2v) is 6.41. The molecule has 4 rings (SSSR count). The number of halogens is 1. The Kier molecular flexibility index (Phi) is 3.50. The van der Waals surface area contributed by atoms with Crippen molar-refractivity contribution in [2.24, 2.45) is 0 Å². The van der Waals surface area contributed by atoms with Gasteiger partial charge in [0.05, 0.1) is 30.1 Å². The van der Waals surface area contributed by atoms with Crippen molar-refractivity contribution in [1.29, 1.82) is 0 Å². The van der Waals surface area contributed by atoms with Crippen molar-refractivity contribution in [2.45, 2.75) is 37.5 Å². The Morgan fingerprint density at radius 3 is 3.00 bits per heavy atom. The highest BCUT2D eigenvalue weighted by Crippen LogP contribution is 2.34. The van der Waals surface area contributed by atoms with E-state index in [1.165, 1.54) is 10.9 Å². The van der Waals surface area contributed by atoms with E-state index in [0.717, 1.165) is 19.3 Å². The highest BCUT2D eigenvalue weighted by Gasteiger charge is 2.41. The van der Waals surface area contributed by atoms with Crippen LogP contribution in [0, 0.1) is 0 Å². The fourth-order valence-corrected chi connectivity index (χ4v) is 3.49. The van der Waals surface area contributed by atoms with Gasteiger partial charge in [-0.3, -0.25) is 4.79 Å². The first-order valence-corrected chi connectivity index (χ1v) is 7.99. The summed E-state index contributed by atoms with van der Waals surface area (Å²) in [5.41, 5.74) is 0.683. The van der Waals surface area contributed by atoms with Gasteiger partial charge >= 0.3 is 0 Å². The minimum Gasteiger partial charge on any atom is -0.504 e. The van der Waals surface area contributed by atoms with E-state index >= 15 is 0 Å². The standard InChI is InChI=1S/C16H16ClN3O3/c17-9-2-1-3-10(6-9)20-8-13(21)15(19-20)16(22)18-12-7-11-4-5-14(12)23-11/h1-3,6,8,11-12,14,21H,4-5,7H2,(H,18,22)/t11-,12+,14+/m0/s1. The van der Waals surface area contributed by atoms with E-state index in [1.807, 2.05) is 0 Å². The molecule has 23 heavy (non-hydrogen) atoms. The quantitative estimate of drug-likeness (QED) is 0.903. The van der Waals surface area contributed by atoms with Gasteiger partial charge in [-0.25, -0.2) is 4.68 Å². The fraction of sp³-hybridized carbons (Fsp3) is 0.375. The van der Waals surface area contributed by atoms with E-state index in [2.05, 4.69) is 10.4 Å². The van der Waals surface area contributed by atoms with Crippen LogP contribution in [0.5, 0.6) is 5.75 Å². The zero-order valence-electron chi connectivity index (χ0n) is 12.3. The van der Waals surface area contributed by atoms with E-state index in [0.29, 0.717) is 10.7 Å². The number of amides is 1. The first kappa shape index (κ1) is 14.5. The summed E-state index contributed by atoms with van der Waals surface area (Å²) in [6.45, 7) is 0. The van der Waals surface area contributed by atoms with Crippen LogP contribution in [-0.2, 0) is 4.74 Å². The first-order chi connectivity index (χ1) is 11.1. The van der Waals surface area contributed by atoms with Crippen molar-refractivity contribution < 1.29 is 14.6 Å². The number of hydrogen-bond donors (Lipinski definition) is 2. The molecule has 1 amide bonds. The summed E-state index contributed by atoms with van der Waals surface area (Å²) in [7, 11) is 0. The van der Waals surface area contributed by atoms with Gasteiger partial charge in [-0.1, -0.05) is 17.7 Å². The van der Waals surface area contributed by atoms with Crippen LogP contribution in [0.15, 0.2) is 30.5 Å². The molecule has 2 aliphatic rings. The van der Waals surface area contributed by atoms with Crippen LogP contribution >= 0.6 is 11.6 Å². The number of aromatic nitrogens is 2. The van der Waals surface area contributed by atoms with Crippen molar-refractivity contribution >= 4 is 17.5 Å². The molecule has 6 nitrogen and oxygen atoms in total. The van der Waals surface area contributed by atoms with Crippen molar-refractivity contribution in [3.05, 3.63) is 41.2 Å². The van der Waals surface area contributed by atoms with Gasteiger partial charge < -0.3 is 15.2 Å². The molecule has 3 atom stereocenters. The highest BCUT2D eigenvalue weighted by atomic mass is 35.5. The normalized spacial score (nSPS) is 25.7. The summed E-state index contributed by atoms with van der Waals surface area (Å²) < 4.78 is 7.16. The maximum absolute atomic E-state index is 12.4. The number of aromatic hydroxyl groups is 1. The van der Waals surface area contributed by atoms with Crippen molar-refractivity contribution in [3.63, 3.8) is 0 Å². The fourth-order valence-electron chi connectivity index (χ4n) is 3.30. The zero-order valence-corrected chi connectivity index (χ0v) is 13.0. The smallest absolute Gasteiger partial charge is 0.275 e. The van der Waals surface area contributed by atoms with Crippen LogP contribution in [0.2, 0.25) is 5.02 Å². The molecule has 7 heteroatoms. The van der Waals surface area contributed by atoms with Gasteiger partial charge in [0.15, 0.2) is 11.4 Å². The zero-order chi connectivity index (χ0) is 16.0. The van der Waals surface area contributed by atoms with Gasteiger partial charge in [-0.2, -0.15) is 5.10 Å². The lowest BCUT2D eigenvalue weighted by molar-refractivity contribution is 0.0835. The van der Waals surface area contributed by atoms with Gasteiger partial charge in [0.25, 0.3) is 5.91 Å². The number of benzene rings is 1. The number of fused-ring (bicyclic) bond motifs is 2. The predicted octanol–water partition coefficient (Wildman–Crippen LogP) is 2.28. The second-order valence-electron chi connectivity index (χ2n) is 5.98. The van der Waals surface area contributed by atoms with Crippen molar-refractivity contribution in [3.8, 4) is 11.4 Å². The third-order valence-corrected chi connectivity index (χ3v) is 4.64. The molecular formula is C16H16ClN3O3. The Morgan fingerprint density at radius 1 is 1.43 bits per heavy atom. The van der Waals surface area contributed by atoms with E-state index in [9.17, 15) is 9.90 Å². The third kappa shape index (κ3) is 2.68. The molecule has 3 heterocycles. The first-order valence-electron chi connectivity index (χ1n) is 7.61. The summed E-state index contributed by atoms with van der Waals surface area (Å²) in [6, 6.07) is 7.03. The molecule has 0 saturated carbocycles. The number of carbonyl (C=O) groups excluding carboxylic acids is 1. The molecule has 1 aromatic heterocycles. The third-order valence-electron chi connectivity index (χ3n) is 4.41. The van der Waals surface area contributed by atoms with Crippen LogP contribution < -0.4 is 5.32 Å². The average Bonchev–Trinajstić information content (AvgIpc) is 3.22. The summed E-state index contributed by atoms with van der Waals surface area (Å²) in [4.78, 5) is 12.4. The number of carbonyl (C=O) groups is 1. The van der Waals surface area contributed by atoms with Crippen molar-refractivity contribution in [2.75, 3.05) is 0 Å². The second kappa shape index (κ2) is 5.54. The number of nitrogens with zero attached hydrogens (tertiary/aromatic N) is 2. The topological polar surface area (TPSA) is 76.4 Å². The minimum atomic E-state index is -0.385. The molecule has 1 aromatic carbocycles. The molecule has 2 N–H and O–H groups in total. The number of nitrogens with one attached hydrogen (secondary N) is 1. The summed E-state index contributed by atoms with van der Waals surface area (Å²) in [6.07, 6.45) is 4.60. The molecule has 2 bridgehead atoms. The molecule has 0 radical (unpaired) electrons. The van der Waals surface area contributed by atoms with Crippen LogP contribution in [0.1, 0.15) is 29.8 Å².